The van der Waals surface area contributed by atoms with Gasteiger partial charge in [-0.1, -0.05) is 6.92 Å². The molecule has 6 nitrogen and oxygen atoms in total. The average molecular weight is 278 g/mol. The minimum absolute atomic E-state index is 0.0922. The van der Waals surface area contributed by atoms with Gasteiger partial charge in [0.05, 0.1) is 4.92 Å². The fourth-order valence-electron chi connectivity index (χ4n) is 2.15. The molecule has 0 aromatic carbocycles. The molecule has 0 unspecified atom stereocenters. The van der Waals surface area contributed by atoms with Crippen LogP contribution >= 0.6 is 0 Å². The Kier molecular flexibility index (Phi) is 4.76. The van der Waals surface area contributed by atoms with E-state index in [0.29, 0.717) is 17.6 Å². The van der Waals surface area contributed by atoms with Gasteiger partial charge < -0.3 is 10.2 Å². The second-order valence-electron chi connectivity index (χ2n) is 5.21. The Hall–Kier alpha value is -1.85. The Morgan fingerprint density at radius 3 is 2.75 bits per heavy atom. The molecule has 1 fully saturated rings. The van der Waals surface area contributed by atoms with Gasteiger partial charge in [-0.3, -0.25) is 10.1 Å². The molecule has 1 aliphatic rings. The fourth-order valence-corrected chi connectivity index (χ4v) is 2.15. The molecular formula is C14H22N4O2. The standard InChI is InChI=1S/C14H22N4O2/c1-3-9-15-13-8-7-12(18(19)20)14(16-13)17(4-2)10-11-5-6-11/h7-8,11H,3-6,9-10H2,1-2H3,(H,15,16). The molecule has 1 heterocycles. The van der Waals surface area contributed by atoms with Crippen molar-refractivity contribution in [1.82, 2.24) is 4.98 Å². The molecule has 1 aromatic rings. The van der Waals surface area contributed by atoms with Gasteiger partial charge in [0.15, 0.2) is 0 Å². The lowest BCUT2D eigenvalue weighted by Gasteiger charge is -2.22. The van der Waals surface area contributed by atoms with Crippen LogP contribution in [0.5, 0.6) is 0 Å². The van der Waals surface area contributed by atoms with E-state index in [9.17, 15) is 10.1 Å². The lowest BCUT2D eigenvalue weighted by atomic mass is 10.3. The van der Waals surface area contributed by atoms with E-state index in [4.69, 9.17) is 0 Å². The summed E-state index contributed by atoms with van der Waals surface area (Å²) in [5.74, 6) is 1.87. The molecule has 0 radical (unpaired) electrons. The topological polar surface area (TPSA) is 71.3 Å². The van der Waals surface area contributed by atoms with Crippen molar-refractivity contribution in [3.05, 3.63) is 22.2 Å². The number of rotatable bonds is 8. The van der Waals surface area contributed by atoms with Gasteiger partial charge in [-0.05, 0) is 38.2 Å². The summed E-state index contributed by atoms with van der Waals surface area (Å²) >= 11 is 0. The summed E-state index contributed by atoms with van der Waals surface area (Å²) in [4.78, 5) is 17.3. The van der Waals surface area contributed by atoms with Gasteiger partial charge in [0.2, 0.25) is 5.82 Å². The smallest absolute Gasteiger partial charge is 0.311 e. The van der Waals surface area contributed by atoms with Gasteiger partial charge in [-0.2, -0.15) is 0 Å². The van der Waals surface area contributed by atoms with Crippen LogP contribution in [0.4, 0.5) is 17.3 Å². The predicted molar refractivity (Wildman–Crippen MR) is 80.3 cm³/mol. The molecule has 1 N–H and O–H groups in total. The number of pyridine rings is 1. The zero-order valence-corrected chi connectivity index (χ0v) is 12.1. The molecule has 1 aromatic heterocycles. The maximum absolute atomic E-state index is 11.2. The molecule has 20 heavy (non-hydrogen) atoms. The second-order valence-corrected chi connectivity index (χ2v) is 5.21. The molecule has 0 amide bonds. The maximum Gasteiger partial charge on any atom is 0.311 e. The molecule has 1 saturated carbocycles. The van der Waals surface area contributed by atoms with Crippen LogP contribution in [0.1, 0.15) is 33.1 Å². The molecule has 0 bridgehead atoms. The zero-order valence-electron chi connectivity index (χ0n) is 12.1. The summed E-state index contributed by atoms with van der Waals surface area (Å²) in [7, 11) is 0. The Bertz CT molecular complexity index is 474. The summed E-state index contributed by atoms with van der Waals surface area (Å²) < 4.78 is 0. The number of anilines is 2. The first-order valence-electron chi connectivity index (χ1n) is 7.30. The highest BCUT2D eigenvalue weighted by Gasteiger charge is 2.28. The van der Waals surface area contributed by atoms with Crippen LogP contribution in [-0.4, -0.2) is 29.5 Å². The van der Waals surface area contributed by atoms with Crippen LogP contribution in [0, 0.1) is 16.0 Å². The van der Waals surface area contributed by atoms with Crippen molar-refractivity contribution in [2.75, 3.05) is 29.9 Å². The van der Waals surface area contributed by atoms with Gasteiger partial charge in [-0.15, -0.1) is 0 Å². The van der Waals surface area contributed by atoms with Crippen molar-refractivity contribution in [3.63, 3.8) is 0 Å². The van der Waals surface area contributed by atoms with E-state index < -0.39 is 0 Å². The highest BCUT2D eigenvalue weighted by molar-refractivity contribution is 5.61. The molecule has 0 saturated heterocycles. The number of nitrogens with one attached hydrogen (secondary N) is 1. The van der Waals surface area contributed by atoms with Crippen molar-refractivity contribution in [2.24, 2.45) is 5.92 Å². The number of hydrogen-bond acceptors (Lipinski definition) is 5. The second kappa shape index (κ2) is 6.54. The van der Waals surface area contributed by atoms with Gasteiger partial charge >= 0.3 is 5.69 Å². The van der Waals surface area contributed by atoms with Crippen LogP contribution in [0.3, 0.4) is 0 Å². The third-order valence-electron chi connectivity index (χ3n) is 3.46. The molecular weight excluding hydrogens is 256 g/mol. The van der Waals surface area contributed by atoms with Gasteiger partial charge in [0.1, 0.15) is 5.82 Å². The van der Waals surface area contributed by atoms with Crippen LogP contribution in [0.15, 0.2) is 12.1 Å². The minimum atomic E-state index is -0.346. The van der Waals surface area contributed by atoms with Crippen molar-refractivity contribution in [3.8, 4) is 0 Å². The van der Waals surface area contributed by atoms with Crippen molar-refractivity contribution < 1.29 is 4.92 Å². The third kappa shape index (κ3) is 3.59. The van der Waals surface area contributed by atoms with Crippen LogP contribution < -0.4 is 10.2 Å². The normalized spacial score (nSPS) is 14.1. The monoisotopic (exact) mass is 278 g/mol. The quantitative estimate of drug-likeness (QED) is 0.584. The molecule has 0 aliphatic heterocycles. The van der Waals surface area contributed by atoms with Crippen molar-refractivity contribution >= 4 is 17.3 Å². The number of hydrogen-bond donors (Lipinski definition) is 1. The number of aromatic nitrogens is 1. The molecule has 1 aliphatic carbocycles. The molecule has 110 valence electrons. The Balaban J connectivity index is 2.26. The van der Waals surface area contributed by atoms with Gasteiger partial charge in [0.25, 0.3) is 0 Å². The van der Waals surface area contributed by atoms with Gasteiger partial charge in [-0.25, -0.2) is 4.98 Å². The molecule has 2 rings (SSSR count). The summed E-state index contributed by atoms with van der Waals surface area (Å²) in [6, 6.07) is 3.23. The molecule has 0 spiro atoms. The molecule has 6 heteroatoms. The Labute approximate surface area is 119 Å². The summed E-state index contributed by atoms with van der Waals surface area (Å²) in [6.07, 6.45) is 3.43. The summed E-state index contributed by atoms with van der Waals surface area (Å²) in [5.41, 5.74) is 0.0922. The van der Waals surface area contributed by atoms with Gasteiger partial charge in [0, 0.05) is 25.7 Å². The predicted octanol–water partition coefficient (Wildman–Crippen LogP) is 3.05. The highest BCUT2D eigenvalue weighted by Crippen LogP contribution is 2.34. The van der Waals surface area contributed by atoms with E-state index in [1.165, 1.54) is 12.8 Å². The first-order valence-corrected chi connectivity index (χ1v) is 7.30. The van der Waals surface area contributed by atoms with E-state index >= 15 is 0 Å². The number of nitro groups is 1. The van der Waals surface area contributed by atoms with E-state index in [2.05, 4.69) is 17.2 Å². The van der Waals surface area contributed by atoms with E-state index in [-0.39, 0.29) is 10.6 Å². The lowest BCUT2D eigenvalue weighted by Crippen LogP contribution is -2.27. The third-order valence-corrected chi connectivity index (χ3v) is 3.46. The highest BCUT2D eigenvalue weighted by atomic mass is 16.6. The molecule has 0 atom stereocenters. The van der Waals surface area contributed by atoms with Crippen LogP contribution in [0.25, 0.3) is 0 Å². The lowest BCUT2D eigenvalue weighted by molar-refractivity contribution is -0.384. The van der Waals surface area contributed by atoms with Crippen molar-refractivity contribution in [1.29, 1.82) is 0 Å². The minimum Gasteiger partial charge on any atom is -0.370 e. The van der Waals surface area contributed by atoms with E-state index in [1.807, 2.05) is 11.8 Å². The first kappa shape index (κ1) is 14.6. The SMILES string of the molecule is CCCNc1ccc([N+](=O)[O-])c(N(CC)CC2CC2)n1. The summed E-state index contributed by atoms with van der Waals surface area (Å²) in [5, 5.41) is 14.4. The van der Waals surface area contributed by atoms with Crippen LogP contribution in [-0.2, 0) is 0 Å². The zero-order chi connectivity index (χ0) is 14.5. The van der Waals surface area contributed by atoms with Crippen molar-refractivity contribution in [2.45, 2.75) is 33.1 Å². The van der Waals surface area contributed by atoms with Crippen LogP contribution in [0.2, 0.25) is 0 Å². The van der Waals surface area contributed by atoms with E-state index in [0.717, 1.165) is 26.1 Å². The summed E-state index contributed by atoms with van der Waals surface area (Å²) in [6.45, 7) is 6.51. The average Bonchev–Trinajstić information content (AvgIpc) is 3.26. The maximum atomic E-state index is 11.2. The Morgan fingerprint density at radius 1 is 1.45 bits per heavy atom. The van der Waals surface area contributed by atoms with E-state index in [1.54, 1.807) is 12.1 Å². The fraction of sp³-hybridized carbons (Fsp3) is 0.643. The first-order chi connectivity index (χ1) is 9.65. The number of nitrogens with zero attached hydrogens (tertiary/aromatic N) is 3. The Morgan fingerprint density at radius 2 is 2.20 bits per heavy atom. The largest absolute Gasteiger partial charge is 0.370 e.